The highest BCUT2D eigenvalue weighted by molar-refractivity contribution is 7.09. The third kappa shape index (κ3) is 7.09. The number of rotatable bonds is 8. The molecule has 36 heavy (non-hydrogen) atoms. The molecule has 1 aromatic carbocycles. The van der Waals surface area contributed by atoms with Gasteiger partial charge < -0.3 is 15.4 Å². The first-order valence-corrected chi connectivity index (χ1v) is 13.6. The van der Waals surface area contributed by atoms with Gasteiger partial charge in [0.1, 0.15) is 0 Å². The fourth-order valence-corrected chi connectivity index (χ4v) is 6.13. The number of benzene rings is 1. The Labute approximate surface area is 224 Å². The zero-order valence-electron chi connectivity index (χ0n) is 20.7. The number of carbonyl (C=O) groups excluding carboxylic acids is 2. The van der Waals surface area contributed by atoms with Crippen molar-refractivity contribution in [2.75, 3.05) is 19.7 Å². The van der Waals surface area contributed by atoms with Gasteiger partial charge >= 0.3 is 5.97 Å². The van der Waals surface area contributed by atoms with Crippen LogP contribution < -0.4 is 5.73 Å². The summed E-state index contributed by atoms with van der Waals surface area (Å²) in [6.07, 6.45) is 8.12. The van der Waals surface area contributed by atoms with Crippen LogP contribution in [-0.2, 0) is 27.2 Å². The lowest BCUT2D eigenvalue weighted by Crippen LogP contribution is -2.52. The van der Waals surface area contributed by atoms with Crippen LogP contribution in [0.15, 0.2) is 41.8 Å². The van der Waals surface area contributed by atoms with Gasteiger partial charge in [-0.15, -0.1) is 23.7 Å². The van der Waals surface area contributed by atoms with E-state index in [0.29, 0.717) is 56.9 Å². The van der Waals surface area contributed by atoms with Crippen LogP contribution in [0, 0.1) is 22.7 Å². The minimum atomic E-state index is -0.669. The molecule has 1 atom stereocenters. The van der Waals surface area contributed by atoms with Gasteiger partial charge in [-0.1, -0.05) is 37.5 Å². The summed E-state index contributed by atoms with van der Waals surface area (Å²) >= 11 is 1.61. The van der Waals surface area contributed by atoms with E-state index in [1.165, 1.54) is 19.3 Å². The first-order chi connectivity index (χ1) is 17.0. The normalized spacial score (nSPS) is 18.5. The van der Waals surface area contributed by atoms with Crippen LogP contribution in [0.2, 0.25) is 0 Å². The number of ether oxygens (including phenoxy) is 1. The largest absolute Gasteiger partial charge is 0.465 e. The van der Waals surface area contributed by atoms with E-state index in [-0.39, 0.29) is 24.3 Å². The second kappa shape index (κ2) is 13.2. The number of halogens is 1. The minimum Gasteiger partial charge on any atom is -0.465 e. The summed E-state index contributed by atoms with van der Waals surface area (Å²) < 4.78 is 5.94. The molecule has 0 spiro atoms. The second-order valence-corrected chi connectivity index (χ2v) is 11.1. The molecule has 0 radical (unpaired) electrons. The zero-order chi connectivity index (χ0) is 24.7. The van der Waals surface area contributed by atoms with Crippen molar-refractivity contribution in [2.45, 2.75) is 63.8 Å². The lowest BCUT2D eigenvalue weighted by molar-refractivity contribution is -0.162. The average Bonchev–Trinajstić information content (AvgIpc) is 3.41. The number of nitrogens with two attached hydrogens (primary N) is 1. The van der Waals surface area contributed by atoms with Crippen LogP contribution >= 0.6 is 23.7 Å². The summed E-state index contributed by atoms with van der Waals surface area (Å²) in [4.78, 5) is 29.4. The quantitative estimate of drug-likeness (QED) is 0.491. The predicted octanol–water partition coefficient (Wildman–Crippen LogP) is 4.89. The predicted molar refractivity (Wildman–Crippen MR) is 144 cm³/mol. The Morgan fingerprint density at radius 1 is 1.14 bits per heavy atom. The topological polar surface area (TPSA) is 96.4 Å². The first-order valence-electron chi connectivity index (χ1n) is 12.7. The summed E-state index contributed by atoms with van der Waals surface area (Å²) in [5.74, 6) is 0.250. The van der Waals surface area contributed by atoms with Crippen molar-refractivity contribution in [3.8, 4) is 6.07 Å². The van der Waals surface area contributed by atoms with Gasteiger partial charge in [-0.05, 0) is 67.2 Å². The molecule has 2 N–H and O–H groups in total. The molecule has 1 aliphatic heterocycles. The molecule has 2 aliphatic rings. The number of nitriles is 1. The van der Waals surface area contributed by atoms with Gasteiger partial charge in [-0.3, -0.25) is 9.59 Å². The van der Waals surface area contributed by atoms with Gasteiger partial charge in [0.15, 0.2) is 0 Å². The van der Waals surface area contributed by atoms with Crippen LogP contribution in [0.4, 0.5) is 0 Å². The first kappa shape index (κ1) is 28.2. The molecule has 4 rings (SSSR count). The van der Waals surface area contributed by atoms with Gasteiger partial charge in [-0.2, -0.15) is 5.26 Å². The van der Waals surface area contributed by atoms with Crippen molar-refractivity contribution in [3.05, 3.63) is 57.8 Å². The van der Waals surface area contributed by atoms with Crippen molar-refractivity contribution in [1.29, 1.82) is 5.26 Å². The summed E-state index contributed by atoms with van der Waals surface area (Å²) in [5.41, 5.74) is 7.18. The molecular weight excluding hydrogens is 494 g/mol. The Bertz CT molecular complexity index is 1020. The van der Waals surface area contributed by atoms with E-state index < -0.39 is 11.5 Å². The third-order valence-electron chi connectivity index (χ3n) is 7.58. The third-order valence-corrected chi connectivity index (χ3v) is 8.48. The molecule has 8 heteroatoms. The molecule has 1 unspecified atom stereocenters. The summed E-state index contributed by atoms with van der Waals surface area (Å²) in [5, 5.41) is 11.1. The van der Waals surface area contributed by atoms with Crippen molar-refractivity contribution in [2.24, 2.45) is 17.1 Å². The molecule has 1 aromatic heterocycles. The highest BCUT2D eigenvalue weighted by atomic mass is 35.5. The maximum Gasteiger partial charge on any atom is 0.312 e. The summed E-state index contributed by atoms with van der Waals surface area (Å²) in [7, 11) is 0. The molecule has 1 amide bonds. The molecular formula is C28H36ClN3O3S. The Hall–Kier alpha value is -2.40. The maximum atomic E-state index is 13.5. The van der Waals surface area contributed by atoms with E-state index >= 15 is 0 Å². The fraction of sp³-hybridized carbons (Fsp3) is 0.536. The second-order valence-electron chi connectivity index (χ2n) is 10.1. The Morgan fingerprint density at radius 2 is 1.83 bits per heavy atom. The molecule has 1 saturated heterocycles. The Kier molecular flexibility index (Phi) is 10.4. The molecule has 2 heterocycles. The molecule has 1 aliphatic carbocycles. The van der Waals surface area contributed by atoms with E-state index in [9.17, 15) is 9.59 Å². The number of piperidine rings is 1. The Morgan fingerprint density at radius 3 is 2.44 bits per heavy atom. The van der Waals surface area contributed by atoms with E-state index in [1.807, 2.05) is 34.5 Å². The minimum absolute atomic E-state index is 0. The maximum absolute atomic E-state index is 13.5. The number of nitrogens with zero attached hydrogens (tertiary/aromatic N) is 2. The van der Waals surface area contributed by atoms with Crippen LogP contribution in [0.5, 0.6) is 0 Å². The van der Waals surface area contributed by atoms with Crippen LogP contribution in [0.1, 0.15) is 60.9 Å². The molecule has 2 fully saturated rings. The molecule has 0 bridgehead atoms. The SMILES string of the molecule is Cl.N#Cc1ccc(CC2(C(=O)OCC3CCCCC3)CCN(C(=O)C(N)Cc3cccs3)CC2)cc1. The lowest BCUT2D eigenvalue weighted by atomic mass is 9.73. The average molecular weight is 530 g/mol. The van der Waals surface area contributed by atoms with Crippen LogP contribution in [0.3, 0.4) is 0 Å². The summed E-state index contributed by atoms with van der Waals surface area (Å²) in [6, 6.07) is 13.0. The molecule has 1 saturated carbocycles. The number of hydrogen-bond acceptors (Lipinski definition) is 6. The van der Waals surface area contributed by atoms with E-state index in [0.717, 1.165) is 23.3 Å². The van der Waals surface area contributed by atoms with Gasteiger partial charge in [0.25, 0.3) is 0 Å². The van der Waals surface area contributed by atoms with Crippen LogP contribution in [0.25, 0.3) is 0 Å². The van der Waals surface area contributed by atoms with Crippen molar-refractivity contribution in [3.63, 3.8) is 0 Å². The molecule has 194 valence electrons. The van der Waals surface area contributed by atoms with Gasteiger partial charge in [0, 0.05) is 24.4 Å². The number of thiophene rings is 1. The molecule has 6 nitrogen and oxygen atoms in total. The van der Waals surface area contributed by atoms with Crippen molar-refractivity contribution in [1.82, 2.24) is 4.90 Å². The van der Waals surface area contributed by atoms with Crippen molar-refractivity contribution >= 4 is 35.6 Å². The van der Waals surface area contributed by atoms with E-state index in [4.69, 9.17) is 15.7 Å². The number of esters is 1. The van der Waals surface area contributed by atoms with E-state index in [2.05, 4.69) is 6.07 Å². The highest BCUT2D eigenvalue weighted by Crippen LogP contribution is 2.37. The van der Waals surface area contributed by atoms with Gasteiger partial charge in [0.05, 0.1) is 29.7 Å². The Balaban J connectivity index is 0.00000361. The summed E-state index contributed by atoms with van der Waals surface area (Å²) in [6.45, 7) is 1.47. The van der Waals surface area contributed by atoms with E-state index in [1.54, 1.807) is 23.5 Å². The highest BCUT2D eigenvalue weighted by Gasteiger charge is 2.44. The van der Waals surface area contributed by atoms with Crippen molar-refractivity contribution < 1.29 is 14.3 Å². The number of likely N-dealkylation sites (tertiary alicyclic amines) is 1. The fourth-order valence-electron chi connectivity index (χ4n) is 5.36. The van der Waals surface area contributed by atoms with Crippen LogP contribution in [-0.4, -0.2) is 42.5 Å². The number of hydrogen-bond donors (Lipinski definition) is 1. The zero-order valence-corrected chi connectivity index (χ0v) is 22.3. The number of carbonyl (C=O) groups is 2. The lowest BCUT2D eigenvalue weighted by Gasteiger charge is -2.41. The molecule has 2 aromatic rings. The number of amides is 1. The van der Waals surface area contributed by atoms with Gasteiger partial charge in [-0.25, -0.2) is 0 Å². The monoisotopic (exact) mass is 529 g/mol. The standard InChI is InChI=1S/C28H35N3O3S.ClH/c29-19-22-10-8-21(9-11-22)18-28(27(33)34-20-23-5-2-1-3-6-23)12-14-31(15-13-28)26(32)25(30)17-24-7-4-16-35-24;/h4,7-11,16,23,25H,1-3,5-6,12-15,17-18,20,30H2;1H. The van der Waals surface area contributed by atoms with Gasteiger partial charge in [0.2, 0.25) is 5.91 Å². The smallest absolute Gasteiger partial charge is 0.312 e.